The van der Waals surface area contributed by atoms with Crippen molar-refractivity contribution in [2.24, 2.45) is 0 Å². The van der Waals surface area contributed by atoms with E-state index in [1.807, 2.05) is 109 Å². The largest absolute Gasteiger partial charge is 0.449 e. The van der Waals surface area contributed by atoms with Crippen LogP contribution in [0.4, 0.5) is 0 Å². The molecule has 2 aliphatic rings. The fourth-order valence-electron chi connectivity index (χ4n) is 8.49. The summed E-state index contributed by atoms with van der Waals surface area (Å²) in [6.07, 6.45) is 2.49. The SMILES string of the molecule is C=Cc1ccc2cc(C(=O)OC3c4ccccc4-c4ccc(-c5ccc6c(c5)-c5ccccc5[C@@H]6OC(=O)c5cccc6c(C=C)cccc56)cc43)ccc2c1. The Balaban J connectivity index is 0.985. The van der Waals surface area contributed by atoms with Gasteiger partial charge in [0.2, 0.25) is 0 Å². The molecular formula is C52H34O4. The molecular weight excluding hydrogens is 689 g/mol. The van der Waals surface area contributed by atoms with Crippen LogP contribution in [-0.4, -0.2) is 11.9 Å². The fraction of sp³-hybridized carbons (Fsp3) is 0.0385. The third-order valence-corrected chi connectivity index (χ3v) is 11.3. The van der Waals surface area contributed by atoms with E-state index in [0.29, 0.717) is 11.1 Å². The molecule has 4 heteroatoms. The first kappa shape index (κ1) is 33.3. The molecule has 0 spiro atoms. The molecule has 8 aromatic carbocycles. The van der Waals surface area contributed by atoms with Gasteiger partial charge < -0.3 is 9.47 Å². The molecule has 56 heavy (non-hydrogen) atoms. The summed E-state index contributed by atoms with van der Waals surface area (Å²) in [5.74, 6) is -0.755. The van der Waals surface area contributed by atoms with Crippen LogP contribution in [0.5, 0.6) is 0 Å². The van der Waals surface area contributed by atoms with E-state index in [1.54, 1.807) is 6.08 Å². The number of ether oxygens (including phenoxy) is 2. The van der Waals surface area contributed by atoms with Crippen molar-refractivity contribution in [1.29, 1.82) is 0 Å². The Hall–Kier alpha value is -7.30. The minimum atomic E-state index is -0.567. The number of hydrogen-bond acceptors (Lipinski definition) is 4. The van der Waals surface area contributed by atoms with Crippen LogP contribution < -0.4 is 0 Å². The van der Waals surface area contributed by atoms with Gasteiger partial charge in [-0.15, -0.1) is 0 Å². The van der Waals surface area contributed by atoms with Crippen molar-refractivity contribution < 1.29 is 19.1 Å². The van der Waals surface area contributed by atoms with Crippen molar-refractivity contribution in [3.63, 3.8) is 0 Å². The van der Waals surface area contributed by atoms with Crippen molar-refractivity contribution in [1.82, 2.24) is 0 Å². The lowest BCUT2D eigenvalue weighted by Gasteiger charge is -2.17. The van der Waals surface area contributed by atoms with Crippen molar-refractivity contribution in [3.8, 4) is 33.4 Å². The van der Waals surface area contributed by atoms with Crippen molar-refractivity contribution >= 4 is 45.6 Å². The number of carbonyl (C=O) groups is 2. The minimum Gasteiger partial charge on any atom is -0.449 e. The molecule has 0 fully saturated rings. The first-order valence-corrected chi connectivity index (χ1v) is 18.7. The highest BCUT2D eigenvalue weighted by Gasteiger charge is 2.34. The lowest BCUT2D eigenvalue weighted by atomic mass is 9.95. The Kier molecular flexibility index (Phi) is 7.86. The fourth-order valence-corrected chi connectivity index (χ4v) is 8.49. The van der Waals surface area contributed by atoms with Gasteiger partial charge in [0.05, 0.1) is 11.1 Å². The number of benzene rings is 8. The van der Waals surface area contributed by atoms with Crippen molar-refractivity contribution in [2.75, 3.05) is 0 Å². The molecule has 2 atom stereocenters. The van der Waals surface area contributed by atoms with Crippen LogP contribution in [0.25, 0.3) is 67.1 Å². The lowest BCUT2D eigenvalue weighted by molar-refractivity contribution is 0.0378. The van der Waals surface area contributed by atoms with E-state index in [9.17, 15) is 9.59 Å². The number of esters is 2. The van der Waals surface area contributed by atoms with Crippen LogP contribution in [0.3, 0.4) is 0 Å². The van der Waals surface area contributed by atoms with Crippen LogP contribution in [0, 0.1) is 0 Å². The van der Waals surface area contributed by atoms with Gasteiger partial charge in [-0.25, -0.2) is 9.59 Å². The molecule has 0 aliphatic heterocycles. The molecule has 4 nitrogen and oxygen atoms in total. The summed E-state index contributed by atoms with van der Waals surface area (Å²) in [6, 6.07) is 52.2. The summed E-state index contributed by atoms with van der Waals surface area (Å²) >= 11 is 0. The van der Waals surface area contributed by atoms with E-state index in [2.05, 4.69) is 67.8 Å². The third-order valence-electron chi connectivity index (χ3n) is 11.3. The zero-order valence-corrected chi connectivity index (χ0v) is 30.4. The Morgan fingerprint density at radius 3 is 1.89 bits per heavy atom. The first-order valence-electron chi connectivity index (χ1n) is 18.7. The standard InChI is InChI=1S/C52H34O4/c1-3-31-19-20-34-28-37(22-21-33(34)27-31)51(53)55-50-43-14-7-5-12-40(43)42-25-23-36(30-48(42)50)35-24-26-45-47(29-35)41-13-6-8-15-44(41)49(45)56-52(54)46-18-10-16-38-32(4-2)11-9-17-39(38)46/h3-30,49-50H,1-2H2/t49-,50?/m0/s1. The topological polar surface area (TPSA) is 52.6 Å². The van der Waals surface area contributed by atoms with Gasteiger partial charge in [0.25, 0.3) is 0 Å². The summed E-state index contributed by atoms with van der Waals surface area (Å²) in [4.78, 5) is 27.7. The number of rotatable bonds is 7. The van der Waals surface area contributed by atoms with E-state index >= 15 is 0 Å². The molecule has 1 unspecified atom stereocenters. The van der Waals surface area contributed by atoms with Crippen molar-refractivity contribution in [2.45, 2.75) is 12.2 Å². The van der Waals surface area contributed by atoms with Crippen LogP contribution in [0.2, 0.25) is 0 Å². The molecule has 0 N–H and O–H groups in total. The molecule has 2 aliphatic carbocycles. The molecule has 10 rings (SSSR count). The summed E-state index contributed by atoms with van der Waals surface area (Å²) < 4.78 is 12.8. The Morgan fingerprint density at radius 1 is 0.464 bits per heavy atom. The quantitative estimate of drug-likeness (QED) is 0.154. The summed E-state index contributed by atoms with van der Waals surface area (Å²) in [7, 11) is 0. The monoisotopic (exact) mass is 722 g/mol. The average Bonchev–Trinajstić information content (AvgIpc) is 3.73. The van der Waals surface area contributed by atoms with Gasteiger partial charge in [-0.3, -0.25) is 0 Å². The maximum absolute atomic E-state index is 13.9. The molecule has 0 saturated heterocycles. The Bertz CT molecular complexity index is 2970. The summed E-state index contributed by atoms with van der Waals surface area (Å²) in [5.41, 5.74) is 13.0. The van der Waals surface area contributed by atoms with Crippen LogP contribution in [-0.2, 0) is 9.47 Å². The second-order valence-electron chi connectivity index (χ2n) is 14.3. The second kappa shape index (κ2) is 13.2. The average molecular weight is 723 g/mol. The maximum atomic E-state index is 13.9. The van der Waals surface area contributed by atoms with Gasteiger partial charge in [0.1, 0.15) is 0 Å². The lowest BCUT2D eigenvalue weighted by Crippen LogP contribution is -2.11. The summed E-state index contributed by atoms with van der Waals surface area (Å²) in [5, 5.41) is 3.79. The summed E-state index contributed by atoms with van der Waals surface area (Å²) in [6.45, 7) is 7.81. The van der Waals surface area contributed by atoms with E-state index in [4.69, 9.17) is 9.47 Å². The molecule has 0 saturated carbocycles. The Morgan fingerprint density at radius 2 is 1.09 bits per heavy atom. The van der Waals surface area contributed by atoms with Gasteiger partial charge in [0, 0.05) is 22.3 Å². The Labute approximate surface area is 324 Å². The van der Waals surface area contributed by atoms with E-state index < -0.39 is 12.2 Å². The van der Waals surface area contributed by atoms with Gasteiger partial charge in [-0.1, -0.05) is 147 Å². The predicted molar refractivity (Wildman–Crippen MR) is 225 cm³/mol. The number of hydrogen-bond donors (Lipinski definition) is 0. The smallest absolute Gasteiger partial charge is 0.339 e. The zero-order chi connectivity index (χ0) is 37.9. The molecule has 0 amide bonds. The molecule has 266 valence electrons. The van der Waals surface area contributed by atoms with Crippen LogP contribution in [0.15, 0.2) is 171 Å². The maximum Gasteiger partial charge on any atom is 0.339 e. The predicted octanol–water partition coefficient (Wildman–Crippen LogP) is 12.8. The zero-order valence-electron chi connectivity index (χ0n) is 30.4. The normalized spacial score (nSPS) is 14.7. The first-order chi connectivity index (χ1) is 27.5. The molecule has 0 heterocycles. The van der Waals surface area contributed by atoms with Gasteiger partial charge in [0.15, 0.2) is 12.2 Å². The third kappa shape index (κ3) is 5.38. The van der Waals surface area contributed by atoms with Gasteiger partial charge in [-0.05, 0) is 102 Å². The minimum absolute atomic E-state index is 0.377. The van der Waals surface area contributed by atoms with Crippen LogP contribution >= 0.6 is 0 Å². The number of fused-ring (bicyclic) bond motifs is 8. The van der Waals surface area contributed by atoms with Crippen molar-refractivity contribution in [3.05, 3.63) is 215 Å². The molecule has 0 radical (unpaired) electrons. The molecule has 8 aromatic rings. The number of carbonyl (C=O) groups excluding carboxylic acids is 2. The van der Waals surface area contributed by atoms with Crippen LogP contribution in [0.1, 0.15) is 66.3 Å². The van der Waals surface area contributed by atoms with E-state index in [0.717, 1.165) is 88.3 Å². The highest BCUT2D eigenvalue weighted by molar-refractivity contribution is 6.07. The van der Waals surface area contributed by atoms with Gasteiger partial charge >= 0.3 is 11.9 Å². The molecule has 0 bridgehead atoms. The highest BCUT2D eigenvalue weighted by atomic mass is 16.5. The van der Waals surface area contributed by atoms with Gasteiger partial charge in [-0.2, -0.15) is 0 Å². The molecule has 0 aromatic heterocycles. The second-order valence-corrected chi connectivity index (χ2v) is 14.3. The van der Waals surface area contributed by atoms with E-state index in [-0.39, 0.29) is 11.9 Å². The highest BCUT2D eigenvalue weighted by Crippen LogP contribution is 2.49. The van der Waals surface area contributed by atoms with E-state index in [1.165, 1.54) is 0 Å².